The molecule has 4 heteroatoms. The highest BCUT2D eigenvalue weighted by atomic mass is 31.2. The lowest BCUT2D eigenvalue weighted by Crippen LogP contribution is -2.16. The van der Waals surface area contributed by atoms with Crippen molar-refractivity contribution in [2.75, 3.05) is 25.5 Å². The van der Waals surface area contributed by atoms with Crippen molar-refractivity contribution >= 4 is 7.37 Å². The van der Waals surface area contributed by atoms with Gasteiger partial charge in [0.15, 0.2) is 0 Å². The van der Waals surface area contributed by atoms with Crippen molar-refractivity contribution in [3.8, 4) is 0 Å². The standard InChI is InChI=1S/C18H39O3P/c1-5-9-11-17(7-3)15-22(20,21-14-13-19)16-18(8-4)12-10-6-2/h17-19H,5-16H2,1-4H3. The molecule has 0 saturated heterocycles. The van der Waals surface area contributed by atoms with Crippen LogP contribution in [0.25, 0.3) is 0 Å². The summed E-state index contributed by atoms with van der Waals surface area (Å²) in [6, 6.07) is 0. The normalized spacial score (nSPS) is 17.1. The molecule has 0 amide bonds. The summed E-state index contributed by atoms with van der Waals surface area (Å²) in [6.07, 6.45) is 10.6. The Kier molecular flexibility index (Phi) is 13.7. The molecule has 0 heterocycles. The molecule has 0 aromatic heterocycles. The number of rotatable bonds is 15. The molecule has 0 fully saturated rings. The van der Waals surface area contributed by atoms with Crippen LogP contribution in [0.2, 0.25) is 0 Å². The second-order valence-electron chi connectivity index (χ2n) is 6.57. The Morgan fingerprint density at radius 2 is 1.36 bits per heavy atom. The van der Waals surface area contributed by atoms with Crippen LogP contribution in [0.1, 0.15) is 79.1 Å². The third kappa shape index (κ3) is 10.0. The maximum atomic E-state index is 13.3. The van der Waals surface area contributed by atoms with Crippen molar-refractivity contribution < 1.29 is 14.2 Å². The molecule has 134 valence electrons. The molecule has 0 bridgehead atoms. The maximum Gasteiger partial charge on any atom is 0.203 e. The van der Waals surface area contributed by atoms with Crippen molar-refractivity contribution in [1.29, 1.82) is 0 Å². The van der Waals surface area contributed by atoms with Crippen molar-refractivity contribution in [3.05, 3.63) is 0 Å². The van der Waals surface area contributed by atoms with Crippen LogP contribution in [0.5, 0.6) is 0 Å². The van der Waals surface area contributed by atoms with Gasteiger partial charge in [0.1, 0.15) is 0 Å². The van der Waals surface area contributed by atoms with Crippen molar-refractivity contribution in [2.45, 2.75) is 79.1 Å². The second-order valence-corrected chi connectivity index (χ2v) is 9.19. The molecule has 0 aliphatic heterocycles. The molecule has 0 aromatic rings. The number of aliphatic hydroxyl groups is 1. The fourth-order valence-corrected chi connectivity index (χ4v) is 6.24. The number of hydrogen-bond donors (Lipinski definition) is 1. The van der Waals surface area contributed by atoms with E-state index in [0.29, 0.717) is 24.2 Å². The van der Waals surface area contributed by atoms with Gasteiger partial charge in [0.2, 0.25) is 7.37 Å². The van der Waals surface area contributed by atoms with Gasteiger partial charge in [0, 0.05) is 12.3 Å². The third-order valence-corrected chi connectivity index (χ3v) is 7.38. The van der Waals surface area contributed by atoms with Crippen LogP contribution >= 0.6 is 7.37 Å². The summed E-state index contributed by atoms with van der Waals surface area (Å²) in [5.74, 6) is 0.987. The van der Waals surface area contributed by atoms with E-state index in [1.807, 2.05) is 0 Å². The predicted molar refractivity (Wildman–Crippen MR) is 97.0 cm³/mol. The summed E-state index contributed by atoms with van der Waals surface area (Å²) in [7, 11) is -2.62. The Morgan fingerprint density at radius 3 is 1.68 bits per heavy atom. The Labute approximate surface area is 138 Å². The van der Waals surface area contributed by atoms with E-state index in [1.165, 1.54) is 25.7 Å². The van der Waals surface area contributed by atoms with E-state index >= 15 is 0 Å². The summed E-state index contributed by atoms with van der Waals surface area (Å²) in [5.41, 5.74) is 0. The number of hydrogen-bond acceptors (Lipinski definition) is 3. The maximum absolute atomic E-state index is 13.3. The monoisotopic (exact) mass is 334 g/mol. The highest BCUT2D eigenvalue weighted by Gasteiger charge is 2.29. The van der Waals surface area contributed by atoms with Crippen molar-refractivity contribution in [1.82, 2.24) is 0 Å². The van der Waals surface area contributed by atoms with Crippen LogP contribution in [0, 0.1) is 11.8 Å². The zero-order chi connectivity index (χ0) is 16.8. The minimum atomic E-state index is -2.62. The average molecular weight is 334 g/mol. The van der Waals surface area contributed by atoms with Crippen LogP contribution in [0.3, 0.4) is 0 Å². The van der Waals surface area contributed by atoms with Gasteiger partial charge in [-0.2, -0.15) is 0 Å². The largest absolute Gasteiger partial charge is 0.394 e. The summed E-state index contributed by atoms with van der Waals surface area (Å²) in [4.78, 5) is 0. The lowest BCUT2D eigenvalue weighted by atomic mass is 10.0. The van der Waals surface area contributed by atoms with Crippen LogP contribution in [-0.2, 0) is 9.09 Å². The minimum absolute atomic E-state index is 0.0402. The molecular weight excluding hydrogens is 295 g/mol. The van der Waals surface area contributed by atoms with Gasteiger partial charge in [0.05, 0.1) is 13.2 Å². The van der Waals surface area contributed by atoms with Gasteiger partial charge in [-0.05, 0) is 24.7 Å². The van der Waals surface area contributed by atoms with E-state index in [9.17, 15) is 4.57 Å². The fraction of sp³-hybridized carbons (Fsp3) is 1.00. The van der Waals surface area contributed by atoms with E-state index in [-0.39, 0.29) is 13.2 Å². The molecule has 22 heavy (non-hydrogen) atoms. The molecule has 0 aromatic carbocycles. The Balaban J connectivity index is 4.75. The highest BCUT2D eigenvalue weighted by molar-refractivity contribution is 7.59. The Morgan fingerprint density at radius 1 is 0.909 bits per heavy atom. The summed E-state index contributed by atoms with van der Waals surface area (Å²) >= 11 is 0. The molecule has 0 saturated carbocycles. The topological polar surface area (TPSA) is 46.5 Å². The van der Waals surface area contributed by atoms with Gasteiger partial charge in [0.25, 0.3) is 0 Å². The molecule has 1 N–H and O–H groups in total. The first kappa shape index (κ1) is 22.1. The molecular formula is C18H39O3P. The van der Waals surface area contributed by atoms with Gasteiger partial charge in [-0.25, -0.2) is 0 Å². The second kappa shape index (κ2) is 13.6. The Hall–Kier alpha value is 0.150. The van der Waals surface area contributed by atoms with Gasteiger partial charge < -0.3 is 9.63 Å². The molecule has 2 atom stereocenters. The first-order chi connectivity index (χ1) is 10.5. The van der Waals surface area contributed by atoms with E-state index < -0.39 is 7.37 Å². The number of unbranched alkanes of at least 4 members (excludes halogenated alkanes) is 2. The van der Waals surface area contributed by atoms with E-state index in [1.54, 1.807) is 0 Å². The minimum Gasteiger partial charge on any atom is -0.394 e. The smallest absolute Gasteiger partial charge is 0.203 e. The zero-order valence-corrected chi connectivity index (χ0v) is 16.2. The lowest BCUT2D eigenvalue weighted by molar-refractivity contribution is 0.199. The summed E-state index contributed by atoms with van der Waals surface area (Å²) in [5, 5.41) is 9.05. The fourth-order valence-electron chi connectivity index (χ4n) is 3.01. The van der Waals surface area contributed by atoms with Gasteiger partial charge in [-0.15, -0.1) is 0 Å². The molecule has 0 radical (unpaired) electrons. The zero-order valence-electron chi connectivity index (χ0n) is 15.4. The molecule has 0 aliphatic carbocycles. The number of aliphatic hydroxyl groups excluding tert-OH is 1. The van der Waals surface area contributed by atoms with Gasteiger partial charge in [-0.1, -0.05) is 66.2 Å². The third-order valence-electron chi connectivity index (χ3n) is 4.58. The summed E-state index contributed by atoms with van der Waals surface area (Å²) < 4.78 is 19.0. The van der Waals surface area contributed by atoms with Crippen LogP contribution in [0.4, 0.5) is 0 Å². The molecule has 0 aliphatic rings. The Bertz CT molecular complexity index is 272. The lowest BCUT2D eigenvalue weighted by Gasteiger charge is -2.27. The quantitative estimate of drug-likeness (QED) is 0.390. The van der Waals surface area contributed by atoms with Crippen molar-refractivity contribution in [3.63, 3.8) is 0 Å². The van der Waals surface area contributed by atoms with E-state index in [0.717, 1.165) is 25.7 Å². The van der Waals surface area contributed by atoms with Crippen LogP contribution in [-0.4, -0.2) is 30.6 Å². The first-order valence-corrected chi connectivity index (χ1v) is 11.4. The van der Waals surface area contributed by atoms with Gasteiger partial charge >= 0.3 is 0 Å². The van der Waals surface area contributed by atoms with Gasteiger partial charge in [-0.3, -0.25) is 4.57 Å². The molecule has 2 unspecified atom stereocenters. The van der Waals surface area contributed by atoms with Crippen molar-refractivity contribution in [2.24, 2.45) is 11.8 Å². The molecule has 0 spiro atoms. The summed E-state index contributed by atoms with van der Waals surface area (Å²) in [6.45, 7) is 8.95. The highest BCUT2D eigenvalue weighted by Crippen LogP contribution is 2.52. The van der Waals surface area contributed by atoms with Crippen LogP contribution < -0.4 is 0 Å². The average Bonchev–Trinajstić information content (AvgIpc) is 2.53. The van der Waals surface area contributed by atoms with E-state index in [2.05, 4.69) is 27.7 Å². The van der Waals surface area contributed by atoms with Crippen LogP contribution in [0.15, 0.2) is 0 Å². The SMILES string of the molecule is CCCCC(CC)CP(=O)(CC(CC)CCCC)OCCO. The molecule has 3 nitrogen and oxygen atoms in total. The first-order valence-electron chi connectivity index (χ1n) is 9.38. The van der Waals surface area contributed by atoms with E-state index in [4.69, 9.17) is 9.63 Å². The predicted octanol–water partition coefficient (Wildman–Crippen LogP) is 5.71. The molecule has 0 rings (SSSR count).